The van der Waals surface area contributed by atoms with E-state index in [1.807, 2.05) is 36.4 Å². The number of thiophene rings is 1. The molecule has 0 fully saturated rings. The fraction of sp³-hybridized carbons (Fsp3) is 0.172. The predicted molar refractivity (Wildman–Crippen MR) is 154 cm³/mol. The number of aromatic amines is 1. The Labute approximate surface area is 228 Å². The summed E-state index contributed by atoms with van der Waals surface area (Å²) in [6.07, 6.45) is 1.61. The highest BCUT2D eigenvalue weighted by Gasteiger charge is 2.22. The summed E-state index contributed by atoms with van der Waals surface area (Å²) in [6.45, 7) is 3.55. The van der Waals surface area contributed by atoms with Crippen LogP contribution in [0.2, 0.25) is 0 Å². The van der Waals surface area contributed by atoms with Gasteiger partial charge >= 0.3 is 0 Å². The topological polar surface area (TPSA) is 120 Å². The number of benzene rings is 2. The lowest BCUT2D eigenvalue weighted by Crippen LogP contribution is -2.27. The number of H-pyrrole nitrogens is 1. The fourth-order valence-corrected chi connectivity index (χ4v) is 5.10. The minimum atomic E-state index is -1.08. The van der Waals surface area contributed by atoms with Crippen molar-refractivity contribution in [1.29, 1.82) is 0 Å². The molecule has 198 valence electrons. The number of nitrogens with zero attached hydrogens (tertiary/aromatic N) is 3. The average Bonchev–Trinajstić information content (AvgIpc) is 3.53. The Morgan fingerprint density at radius 1 is 1.08 bits per heavy atom. The Morgan fingerprint density at radius 3 is 2.54 bits per heavy atom. The molecule has 0 aliphatic carbocycles. The van der Waals surface area contributed by atoms with E-state index in [-0.39, 0.29) is 29.9 Å². The van der Waals surface area contributed by atoms with E-state index in [1.54, 1.807) is 66.9 Å². The number of rotatable bonds is 7. The molecular formula is C29H27N5O4S. The second-order valence-electron chi connectivity index (χ2n) is 9.80. The standard InChI is InChI=1S/C29H27N5O4S/c1-29(2,38)17-34-22-11-10-20(33(3)27(37)18-7-5-4-6-8-18)15-21(22)31-28(34)32-26(36)24-13-12-23(39-24)19-9-14-25(35)30-16-19/h4-16,38H,17H2,1-3H3,(H,30,35)(H,31,32,36). The van der Waals surface area contributed by atoms with Crippen LogP contribution in [0.3, 0.4) is 0 Å². The summed E-state index contributed by atoms with van der Waals surface area (Å²) >= 11 is 1.29. The highest BCUT2D eigenvalue weighted by atomic mass is 32.1. The molecular weight excluding hydrogens is 514 g/mol. The summed E-state index contributed by atoms with van der Waals surface area (Å²) in [6, 6.07) is 21.1. The second-order valence-corrected chi connectivity index (χ2v) is 10.9. The van der Waals surface area contributed by atoms with Gasteiger partial charge in [0.05, 0.1) is 28.1 Å². The van der Waals surface area contributed by atoms with E-state index in [4.69, 9.17) is 0 Å². The van der Waals surface area contributed by atoms with Gasteiger partial charge in [-0.25, -0.2) is 4.98 Å². The number of anilines is 2. The van der Waals surface area contributed by atoms with E-state index in [1.165, 1.54) is 17.4 Å². The molecule has 0 aliphatic rings. The third-order valence-corrected chi connectivity index (χ3v) is 7.25. The van der Waals surface area contributed by atoms with Gasteiger partial charge in [0, 0.05) is 41.0 Å². The number of hydrogen-bond acceptors (Lipinski definition) is 6. The van der Waals surface area contributed by atoms with Crippen LogP contribution in [-0.4, -0.2) is 44.1 Å². The summed E-state index contributed by atoms with van der Waals surface area (Å²) in [5, 5.41) is 13.5. The number of carbonyl (C=O) groups is 2. The van der Waals surface area contributed by atoms with Gasteiger partial charge in [0.2, 0.25) is 11.5 Å². The molecule has 39 heavy (non-hydrogen) atoms. The maximum Gasteiger partial charge on any atom is 0.268 e. The fourth-order valence-electron chi connectivity index (χ4n) is 4.20. The minimum absolute atomic E-state index is 0.157. The van der Waals surface area contributed by atoms with Crippen LogP contribution in [-0.2, 0) is 6.54 Å². The van der Waals surface area contributed by atoms with Gasteiger partial charge in [-0.05, 0) is 62.4 Å². The number of pyridine rings is 1. The van der Waals surface area contributed by atoms with Crippen molar-refractivity contribution in [3.63, 3.8) is 0 Å². The minimum Gasteiger partial charge on any atom is -0.389 e. The number of amides is 2. The van der Waals surface area contributed by atoms with Gasteiger partial charge in [0.25, 0.3) is 11.8 Å². The lowest BCUT2D eigenvalue weighted by Gasteiger charge is -2.20. The first kappa shape index (κ1) is 26.1. The predicted octanol–water partition coefficient (Wildman–Crippen LogP) is 4.75. The summed E-state index contributed by atoms with van der Waals surface area (Å²) in [7, 11) is 1.70. The molecule has 3 N–H and O–H groups in total. The highest BCUT2D eigenvalue weighted by molar-refractivity contribution is 7.17. The number of imidazole rings is 1. The molecule has 2 aromatic carbocycles. The number of nitrogens with one attached hydrogen (secondary N) is 2. The van der Waals surface area contributed by atoms with Crippen LogP contribution in [0.5, 0.6) is 0 Å². The summed E-state index contributed by atoms with van der Waals surface area (Å²) < 4.78 is 1.76. The first-order chi connectivity index (χ1) is 18.6. The molecule has 9 nitrogen and oxygen atoms in total. The monoisotopic (exact) mass is 541 g/mol. The molecule has 0 unspecified atom stereocenters. The van der Waals surface area contributed by atoms with Crippen LogP contribution in [0.25, 0.3) is 21.5 Å². The zero-order valence-corrected chi connectivity index (χ0v) is 22.5. The average molecular weight is 542 g/mol. The van der Waals surface area contributed by atoms with Gasteiger partial charge < -0.3 is 19.6 Å². The van der Waals surface area contributed by atoms with Crippen molar-refractivity contribution in [1.82, 2.24) is 14.5 Å². The molecule has 5 aromatic rings. The van der Waals surface area contributed by atoms with Gasteiger partial charge in [0.15, 0.2) is 0 Å². The molecule has 5 rings (SSSR count). The third-order valence-electron chi connectivity index (χ3n) is 6.11. The van der Waals surface area contributed by atoms with Crippen molar-refractivity contribution in [2.75, 3.05) is 17.3 Å². The lowest BCUT2D eigenvalue weighted by molar-refractivity contribution is 0.0630. The van der Waals surface area contributed by atoms with Crippen molar-refractivity contribution in [3.8, 4) is 10.4 Å². The van der Waals surface area contributed by atoms with Crippen molar-refractivity contribution in [2.45, 2.75) is 26.0 Å². The van der Waals surface area contributed by atoms with Gasteiger partial charge in [-0.2, -0.15) is 0 Å². The molecule has 0 saturated heterocycles. The summed E-state index contributed by atoms with van der Waals surface area (Å²) in [5.74, 6) is -0.222. The van der Waals surface area contributed by atoms with Crippen LogP contribution >= 0.6 is 11.3 Å². The first-order valence-corrected chi connectivity index (χ1v) is 13.1. The molecule has 2 amide bonds. The number of fused-ring (bicyclic) bond motifs is 1. The van der Waals surface area contributed by atoms with Crippen LogP contribution in [0.4, 0.5) is 11.6 Å². The Bertz CT molecular complexity index is 1710. The maximum atomic E-state index is 13.2. The molecule has 0 radical (unpaired) electrons. The number of aromatic nitrogens is 3. The lowest BCUT2D eigenvalue weighted by atomic mass is 10.1. The van der Waals surface area contributed by atoms with E-state index in [0.29, 0.717) is 27.2 Å². The molecule has 3 heterocycles. The summed E-state index contributed by atoms with van der Waals surface area (Å²) in [5.41, 5.74) is 2.01. The van der Waals surface area contributed by atoms with Gasteiger partial charge in [-0.3, -0.25) is 19.7 Å². The number of hydrogen-bond donors (Lipinski definition) is 3. The Morgan fingerprint density at radius 2 is 1.85 bits per heavy atom. The highest BCUT2D eigenvalue weighted by Crippen LogP contribution is 2.30. The molecule has 0 bridgehead atoms. The van der Waals surface area contributed by atoms with Crippen LogP contribution in [0.1, 0.15) is 33.9 Å². The van der Waals surface area contributed by atoms with Gasteiger partial charge in [0.1, 0.15) is 0 Å². The zero-order chi connectivity index (χ0) is 27.7. The van der Waals surface area contributed by atoms with Crippen molar-refractivity contribution in [3.05, 3.63) is 99.8 Å². The smallest absolute Gasteiger partial charge is 0.268 e. The molecule has 3 aromatic heterocycles. The largest absolute Gasteiger partial charge is 0.389 e. The maximum absolute atomic E-state index is 13.2. The quantitative estimate of drug-likeness (QED) is 0.275. The van der Waals surface area contributed by atoms with E-state index in [2.05, 4.69) is 15.3 Å². The Hall–Kier alpha value is -4.54. The first-order valence-electron chi connectivity index (χ1n) is 12.3. The van der Waals surface area contributed by atoms with Crippen LogP contribution < -0.4 is 15.8 Å². The molecule has 0 saturated carbocycles. The number of carbonyl (C=O) groups excluding carboxylic acids is 2. The number of aliphatic hydroxyl groups is 1. The van der Waals surface area contributed by atoms with E-state index in [0.717, 1.165) is 10.4 Å². The van der Waals surface area contributed by atoms with Crippen molar-refractivity contribution in [2.24, 2.45) is 0 Å². The molecule has 0 aliphatic heterocycles. The Kier molecular flexibility index (Phi) is 6.90. The Balaban J connectivity index is 1.45. The molecule has 0 spiro atoms. The van der Waals surface area contributed by atoms with Crippen LogP contribution in [0.15, 0.2) is 83.8 Å². The van der Waals surface area contributed by atoms with Crippen molar-refractivity contribution < 1.29 is 14.7 Å². The van der Waals surface area contributed by atoms with E-state index < -0.39 is 5.60 Å². The van der Waals surface area contributed by atoms with Crippen LogP contribution in [0, 0.1) is 0 Å². The van der Waals surface area contributed by atoms with Gasteiger partial charge in [-0.1, -0.05) is 18.2 Å². The van der Waals surface area contributed by atoms with Crippen molar-refractivity contribution >= 4 is 45.8 Å². The molecule has 0 atom stereocenters. The third kappa shape index (κ3) is 5.66. The second kappa shape index (κ2) is 10.3. The molecule has 10 heteroatoms. The van der Waals surface area contributed by atoms with Gasteiger partial charge in [-0.15, -0.1) is 11.3 Å². The van der Waals surface area contributed by atoms with E-state index >= 15 is 0 Å². The summed E-state index contributed by atoms with van der Waals surface area (Å²) in [4.78, 5) is 47.7. The zero-order valence-electron chi connectivity index (χ0n) is 21.6. The van der Waals surface area contributed by atoms with E-state index in [9.17, 15) is 19.5 Å². The normalized spacial score (nSPS) is 11.5. The SMILES string of the molecule is CN(C(=O)c1ccccc1)c1ccc2c(c1)nc(NC(=O)c1ccc(-c3ccc(=O)[nH]c3)s1)n2CC(C)(C)O.